The Morgan fingerprint density at radius 3 is 2.81 bits per heavy atom. The molecule has 0 fully saturated rings. The highest BCUT2D eigenvalue weighted by atomic mass is 32.2. The lowest BCUT2D eigenvalue weighted by Gasteiger charge is -2.06. The maximum absolute atomic E-state index is 11.9. The van der Waals surface area contributed by atoms with E-state index in [1.54, 1.807) is 7.05 Å². The molecule has 1 amide bonds. The highest BCUT2D eigenvalue weighted by Gasteiger charge is 2.08. The van der Waals surface area contributed by atoms with Gasteiger partial charge < -0.3 is 5.32 Å². The molecule has 0 aliphatic carbocycles. The Bertz CT molecular complexity index is 786. The van der Waals surface area contributed by atoms with Crippen LogP contribution in [-0.4, -0.2) is 31.9 Å². The minimum Gasteiger partial charge on any atom is -0.325 e. The standard InChI is InChI=1S/C14H13N5OS/c1-19-14(16-17-18-19)21-9-13(20)15-12-7-6-10-4-2-3-5-11(10)8-12/h2-8H,9H2,1H3,(H,15,20). The fourth-order valence-corrected chi connectivity index (χ4v) is 2.59. The van der Waals surface area contributed by atoms with Crippen LogP contribution in [0.15, 0.2) is 47.6 Å². The molecule has 0 saturated carbocycles. The molecule has 0 bridgehead atoms. The van der Waals surface area contributed by atoms with E-state index in [9.17, 15) is 4.79 Å². The maximum atomic E-state index is 11.9. The van der Waals surface area contributed by atoms with Gasteiger partial charge in [-0.2, -0.15) is 0 Å². The van der Waals surface area contributed by atoms with Crippen molar-refractivity contribution < 1.29 is 4.79 Å². The first-order valence-corrected chi connectivity index (χ1v) is 7.35. The zero-order chi connectivity index (χ0) is 14.7. The van der Waals surface area contributed by atoms with Crippen LogP contribution in [0.1, 0.15) is 0 Å². The molecule has 106 valence electrons. The van der Waals surface area contributed by atoms with Gasteiger partial charge in [0.1, 0.15) is 0 Å². The Morgan fingerprint density at radius 2 is 2.05 bits per heavy atom. The molecule has 2 aromatic carbocycles. The number of fused-ring (bicyclic) bond motifs is 1. The molecule has 0 aliphatic heterocycles. The number of anilines is 1. The Labute approximate surface area is 125 Å². The van der Waals surface area contributed by atoms with Gasteiger partial charge in [0.05, 0.1) is 5.75 Å². The molecular formula is C14H13N5OS. The molecule has 0 saturated heterocycles. The van der Waals surface area contributed by atoms with Gasteiger partial charge in [0.2, 0.25) is 11.1 Å². The number of nitrogens with zero attached hydrogens (tertiary/aromatic N) is 4. The number of thioether (sulfide) groups is 1. The summed E-state index contributed by atoms with van der Waals surface area (Å²) in [6, 6.07) is 13.9. The smallest absolute Gasteiger partial charge is 0.234 e. The molecule has 7 heteroatoms. The Hall–Kier alpha value is -2.41. The number of aryl methyl sites for hydroxylation is 1. The summed E-state index contributed by atoms with van der Waals surface area (Å²) in [6.45, 7) is 0. The normalized spacial score (nSPS) is 10.7. The summed E-state index contributed by atoms with van der Waals surface area (Å²) in [5.41, 5.74) is 0.787. The highest BCUT2D eigenvalue weighted by molar-refractivity contribution is 7.99. The summed E-state index contributed by atoms with van der Waals surface area (Å²) in [5, 5.41) is 16.8. The first-order chi connectivity index (χ1) is 10.2. The summed E-state index contributed by atoms with van der Waals surface area (Å²) in [5.74, 6) is 0.180. The summed E-state index contributed by atoms with van der Waals surface area (Å²) in [4.78, 5) is 11.9. The lowest BCUT2D eigenvalue weighted by molar-refractivity contribution is -0.113. The average Bonchev–Trinajstić information content (AvgIpc) is 2.90. The second-order valence-corrected chi connectivity index (χ2v) is 5.43. The predicted octanol–water partition coefficient (Wildman–Crippen LogP) is 2.09. The average molecular weight is 299 g/mol. The third-order valence-electron chi connectivity index (χ3n) is 2.95. The van der Waals surface area contributed by atoms with E-state index in [4.69, 9.17) is 0 Å². The molecule has 1 N–H and O–H groups in total. The van der Waals surface area contributed by atoms with Crippen LogP contribution >= 0.6 is 11.8 Å². The Morgan fingerprint density at radius 1 is 1.24 bits per heavy atom. The van der Waals surface area contributed by atoms with Crippen molar-refractivity contribution in [3.63, 3.8) is 0 Å². The number of hydrogen-bond acceptors (Lipinski definition) is 5. The lowest BCUT2D eigenvalue weighted by atomic mass is 10.1. The van der Waals surface area contributed by atoms with E-state index in [1.165, 1.54) is 16.4 Å². The molecule has 1 aromatic heterocycles. The van der Waals surface area contributed by atoms with E-state index in [0.29, 0.717) is 5.16 Å². The van der Waals surface area contributed by atoms with E-state index >= 15 is 0 Å². The van der Waals surface area contributed by atoms with Crippen LogP contribution in [0, 0.1) is 0 Å². The molecule has 3 aromatic rings. The molecule has 0 aliphatic rings. The van der Waals surface area contributed by atoms with Crippen molar-refractivity contribution >= 4 is 34.1 Å². The zero-order valence-corrected chi connectivity index (χ0v) is 12.2. The number of hydrogen-bond donors (Lipinski definition) is 1. The zero-order valence-electron chi connectivity index (χ0n) is 11.4. The van der Waals surface area contributed by atoms with E-state index in [0.717, 1.165) is 16.5 Å². The number of carbonyl (C=O) groups is 1. The van der Waals surface area contributed by atoms with Gasteiger partial charge in [0, 0.05) is 12.7 Å². The van der Waals surface area contributed by atoms with E-state index in [-0.39, 0.29) is 11.7 Å². The quantitative estimate of drug-likeness (QED) is 0.747. The van der Waals surface area contributed by atoms with Crippen molar-refractivity contribution in [3.05, 3.63) is 42.5 Å². The fraction of sp³-hybridized carbons (Fsp3) is 0.143. The number of carbonyl (C=O) groups excluding carboxylic acids is 1. The van der Waals surface area contributed by atoms with Crippen LogP contribution in [0.4, 0.5) is 5.69 Å². The monoisotopic (exact) mass is 299 g/mol. The molecule has 3 rings (SSSR count). The minimum absolute atomic E-state index is 0.0849. The largest absolute Gasteiger partial charge is 0.325 e. The summed E-state index contributed by atoms with van der Waals surface area (Å²) >= 11 is 1.30. The number of benzene rings is 2. The number of rotatable bonds is 4. The molecular weight excluding hydrogens is 286 g/mol. The molecule has 21 heavy (non-hydrogen) atoms. The van der Waals surface area contributed by atoms with Crippen molar-refractivity contribution in [3.8, 4) is 0 Å². The Kier molecular flexibility index (Phi) is 3.83. The van der Waals surface area contributed by atoms with Crippen molar-refractivity contribution in [2.24, 2.45) is 7.05 Å². The van der Waals surface area contributed by atoms with Crippen molar-refractivity contribution in [2.45, 2.75) is 5.16 Å². The molecule has 0 spiro atoms. The first kappa shape index (κ1) is 13.6. The summed E-state index contributed by atoms with van der Waals surface area (Å²) in [6.07, 6.45) is 0. The van der Waals surface area contributed by atoms with Crippen LogP contribution in [0.25, 0.3) is 10.8 Å². The van der Waals surface area contributed by atoms with Gasteiger partial charge in [-0.3, -0.25) is 4.79 Å². The highest BCUT2D eigenvalue weighted by Crippen LogP contribution is 2.19. The predicted molar refractivity (Wildman–Crippen MR) is 82.1 cm³/mol. The van der Waals surface area contributed by atoms with Gasteiger partial charge in [0.25, 0.3) is 0 Å². The van der Waals surface area contributed by atoms with Crippen molar-refractivity contribution in [2.75, 3.05) is 11.1 Å². The lowest BCUT2D eigenvalue weighted by Crippen LogP contribution is -2.14. The van der Waals surface area contributed by atoms with Crippen molar-refractivity contribution in [1.82, 2.24) is 20.2 Å². The SMILES string of the molecule is Cn1nnnc1SCC(=O)Nc1ccc2ccccc2c1. The van der Waals surface area contributed by atoms with E-state index in [1.807, 2.05) is 42.5 Å². The molecule has 0 radical (unpaired) electrons. The molecule has 0 atom stereocenters. The van der Waals surface area contributed by atoms with Gasteiger partial charge >= 0.3 is 0 Å². The van der Waals surface area contributed by atoms with E-state index in [2.05, 4.69) is 20.8 Å². The van der Waals surface area contributed by atoms with E-state index < -0.39 is 0 Å². The van der Waals surface area contributed by atoms with Gasteiger partial charge in [-0.25, -0.2) is 4.68 Å². The number of tetrazole rings is 1. The maximum Gasteiger partial charge on any atom is 0.234 e. The summed E-state index contributed by atoms with van der Waals surface area (Å²) < 4.78 is 1.54. The van der Waals surface area contributed by atoms with Crippen LogP contribution in [0.5, 0.6) is 0 Å². The van der Waals surface area contributed by atoms with Gasteiger partial charge in [-0.1, -0.05) is 42.1 Å². The van der Waals surface area contributed by atoms with Crippen LogP contribution in [-0.2, 0) is 11.8 Å². The third-order valence-corrected chi connectivity index (χ3v) is 3.96. The van der Waals surface area contributed by atoms with Crippen LogP contribution < -0.4 is 5.32 Å². The fourth-order valence-electron chi connectivity index (χ4n) is 1.94. The first-order valence-electron chi connectivity index (χ1n) is 6.36. The van der Waals surface area contributed by atoms with Crippen molar-refractivity contribution in [1.29, 1.82) is 0 Å². The number of amides is 1. The third kappa shape index (κ3) is 3.19. The second kappa shape index (κ2) is 5.92. The Balaban J connectivity index is 1.64. The number of nitrogens with one attached hydrogen (secondary N) is 1. The van der Waals surface area contributed by atoms with Crippen LogP contribution in [0.2, 0.25) is 0 Å². The molecule has 1 heterocycles. The number of aromatic nitrogens is 4. The minimum atomic E-state index is -0.0849. The molecule has 6 nitrogen and oxygen atoms in total. The van der Waals surface area contributed by atoms with Gasteiger partial charge in [0.15, 0.2) is 0 Å². The topological polar surface area (TPSA) is 72.7 Å². The van der Waals surface area contributed by atoms with Crippen LogP contribution in [0.3, 0.4) is 0 Å². The van der Waals surface area contributed by atoms with Gasteiger partial charge in [-0.15, -0.1) is 5.10 Å². The summed E-state index contributed by atoms with van der Waals surface area (Å²) in [7, 11) is 1.74. The molecule has 0 unspecified atom stereocenters. The second-order valence-electron chi connectivity index (χ2n) is 4.48. The van der Waals surface area contributed by atoms with Gasteiger partial charge in [-0.05, 0) is 33.3 Å².